The maximum absolute atomic E-state index is 14.3. The van der Waals surface area contributed by atoms with Crippen molar-refractivity contribution in [1.29, 1.82) is 0 Å². The maximum Gasteiger partial charge on any atom is 0.263 e. The summed E-state index contributed by atoms with van der Waals surface area (Å²) in [7, 11) is 0. The van der Waals surface area contributed by atoms with Gasteiger partial charge in [0, 0.05) is 12.1 Å². The molecule has 0 radical (unpaired) electrons. The number of benzene rings is 2. The van der Waals surface area contributed by atoms with Crippen LogP contribution in [0, 0.1) is 25.6 Å². The molecule has 0 aliphatic heterocycles. The molecule has 1 aromatic heterocycles. The SMILES string of the molecule is Cc1cc(-c2nnc(N(CC3CC3)C(=O)c3ccccc3F)s2)cc(C)c1OC[C@@H](O)CO. The van der Waals surface area contributed by atoms with Crippen LogP contribution in [0.4, 0.5) is 9.52 Å². The van der Waals surface area contributed by atoms with E-state index in [4.69, 9.17) is 9.84 Å². The van der Waals surface area contributed by atoms with E-state index in [1.165, 1.54) is 28.4 Å². The molecular formula is C24H26FN3O4S. The van der Waals surface area contributed by atoms with Crippen molar-refractivity contribution in [2.24, 2.45) is 5.92 Å². The van der Waals surface area contributed by atoms with Crippen LogP contribution in [0.3, 0.4) is 0 Å². The zero-order valence-corrected chi connectivity index (χ0v) is 19.3. The van der Waals surface area contributed by atoms with Crippen molar-refractivity contribution in [3.05, 3.63) is 58.9 Å². The fourth-order valence-corrected chi connectivity index (χ4v) is 4.40. The summed E-state index contributed by atoms with van der Waals surface area (Å²) in [6, 6.07) is 9.78. The minimum atomic E-state index is -0.946. The number of aliphatic hydroxyl groups is 2. The lowest BCUT2D eigenvalue weighted by Gasteiger charge is -2.19. The van der Waals surface area contributed by atoms with Gasteiger partial charge in [0.05, 0.1) is 12.2 Å². The number of anilines is 1. The van der Waals surface area contributed by atoms with Crippen molar-refractivity contribution in [2.45, 2.75) is 32.8 Å². The van der Waals surface area contributed by atoms with Crippen LogP contribution in [0.1, 0.15) is 34.3 Å². The van der Waals surface area contributed by atoms with E-state index < -0.39 is 17.8 Å². The second kappa shape index (κ2) is 9.94. The smallest absolute Gasteiger partial charge is 0.263 e. The predicted molar refractivity (Wildman–Crippen MR) is 124 cm³/mol. The third kappa shape index (κ3) is 5.38. The number of hydrogen-bond acceptors (Lipinski definition) is 7. The number of amides is 1. The molecule has 1 fully saturated rings. The van der Waals surface area contributed by atoms with Gasteiger partial charge in [0.2, 0.25) is 5.13 Å². The van der Waals surface area contributed by atoms with Crippen molar-refractivity contribution < 1.29 is 24.1 Å². The van der Waals surface area contributed by atoms with Crippen molar-refractivity contribution >= 4 is 22.4 Å². The number of halogens is 1. The fraction of sp³-hybridized carbons (Fsp3) is 0.375. The van der Waals surface area contributed by atoms with Gasteiger partial charge >= 0.3 is 0 Å². The Morgan fingerprint density at radius 3 is 2.58 bits per heavy atom. The second-order valence-corrected chi connectivity index (χ2v) is 9.27. The quantitative estimate of drug-likeness (QED) is 0.494. The number of aromatic nitrogens is 2. The molecule has 1 aliphatic rings. The van der Waals surface area contributed by atoms with E-state index in [1.54, 1.807) is 12.1 Å². The molecule has 33 heavy (non-hydrogen) atoms. The lowest BCUT2D eigenvalue weighted by molar-refractivity contribution is 0.0532. The van der Waals surface area contributed by atoms with Gasteiger partial charge in [0.15, 0.2) is 0 Å². The lowest BCUT2D eigenvalue weighted by atomic mass is 10.1. The van der Waals surface area contributed by atoms with E-state index in [1.807, 2.05) is 26.0 Å². The Bertz CT molecular complexity index is 1130. The van der Waals surface area contributed by atoms with Crippen LogP contribution < -0.4 is 9.64 Å². The van der Waals surface area contributed by atoms with Gasteiger partial charge in [-0.05, 0) is 68.0 Å². The Morgan fingerprint density at radius 1 is 1.24 bits per heavy atom. The number of aryl methyl sites for hydroxylation is 2. The minimum absolute atomic E-state index is 0.00519. The van der Waals surface area contributed by atoms with Crippen molar-refractivity contribution in [2.75, 3.05) is 24.7 Å². The highest BCUT2D eigenvalue weighted by Gasteiger charge is 2.31. The largest absolute Gasteiger partial charge is 0.490 e. The standard InChI is InChI=1S/C24H26FN3O4S/c1-14-9-17(10-15(2)21(14)32-13-18(30)12-29)22-26-27-24(33-22)28(11-16-7-8-16)23(31)19-5-3-4-6-20(19)25/h3-6,9-10,16,18,29-30H,7-8,11-13H2,1-2H3/t18-/m0/s1. The summed E-state index contributed by atoms with van der Waals surface area (Å²) in [5, 5.41) is 28.2. The molecular weight excluding hydrogens is 445 g/mol. The molecule has 2 N–H and O–H groups in total. The highest BCUT2D eigenvalue weighted by atomic mass is 32.1. The summed E-state index contributed by atoms with van der Waals surface area (Å²) < 4.78 is 19.9. The lowest BCUT2D eigenvalue weighted by Crippen LogP contribution is -2.33. The molecule has 1 heterocycles. The van der Waals surface area contributed by atoms with E-state index >= 15 is 0 Å². The van der Waals surface area contributed by atoms with Gasteiger partial charge in [-0.25, -0.2) is 4.39 Å². The van der Waals surface area contributed by atoms with Crippen LogP contribution in [-0.4, -0.2) is 52.2 Å². The van der Waals surface area contributed by atoms with E-state index in [-0.39, 0.29) is 18.8 Å². The van der Waals surface area contributed by atoms with E-state index in [9.17, 15) is 14.3 Å². The normalized spacial score (nSPS) is 14.2. The van der Waals surface area contributed by atoms with Gasteiger partial charge in [-0.3, -0.25) is 9.69 Å². The van der Waals surface area contributed by atoms with Crippen LogP contribution in [0.5, 0.6) is 5.75 Å². The number of aliphatic hydroxyl groups excluding tert-OH is 2. The first kappa shape index (κ1) is 23.3. The number of hydrogen-bond donors (Lipinski definition) is 2. The molecule has 7 nitrogen and oxygen atoms in total. The molecule has 9 heteroatoms. The molecule has 1 saturated carbocycles. The molecule has 1 amide bonds. The van der Waals surface area contributed by atoms with Crippen LogP contribution in [0.2, 0.25) is 0 Å². The number of nitrogens with zero attached hydrogens (tertiary/aromatic N) is 3. The number of rotatable bonds is 9. The average molecular weight is 472 g/mol. The summed E-state index contributed by atoms with van der Waals surface area (Å²) in [4.78, 5) is 14.7. The summed E-state index contributed by atoms with van der Waals surface area (Å²) >= 11 is 1.28. The Morgan fingerprint density at radius 2 is 1.94 bits per heavy atom. The Hall–Kier alpha value is -2.88. The predicted octanol–water partition coefficient (Wildman–Crippen LogP) is 3.75. The molecule has 174 valence electrons. The van der Waals surface area contributed by atoms with Crippen molar-refractivity contribution in [1.82, 2.24) is 10.2 Å². The Balaban J connectivity index is 1.60. The van der Waals surface area contributed by atoms with Crippen LogP contribution in [-0.2, 0) is 0 Å². The van der Waals surface area contributed by atoms with Gasteiger partial charge < -0.3 is 14.9 Å². The molecule has 0 unspecified atom stereocenters. The molecule has 2 aromatic carbocycles. The fourth-order valence-electron chi connectivity index (χ4n) is 3.56. The van der Waals surface area contributed by atoms with E-state index in [0.717, 1.165) is 29.5 Å². The summed E-state index contributed by atoms with van der Waals surface area (Å²) in [6.07, 6.45) is 1.13. The molecule has 3 aromatic rings. The van der Waals surface area contributed by atoms with E-state index in [0.29, 0.717) is 28.4 Å². The summed E-state index contributed by atoms with van der Waals surface area (Å²) in [5.41, 5.74) is 2.55. The Kier molecular flexibility index (Phi) is 7.02. The molecule has 0 bridgehead atoms. The molecule has 0 saturated heterocycles. The summed E-state index contributed by atoms with van der Waals surface area (Å²) in [6.45, 7) is 3.89. The molecule has 4 rings (SSSR count). The van der Waals surface area contributed by atoms with Gasteiger partial charge in [0.1, 0.15) is 29.3 Å². The topological polar surface area (TPSA) is 95.8 Å². The average Bonchev–Trinajstić information content (AvgIpc) is 3.49. The van der Waals surface area contributed by atoms with Gasteiger partial charge in [0.25, 0.3) is 5.91 Å². The van der Waals surface area contributed by atoms with Crippen LogP contribution in [0.25, 0.3) is 10.6 Å². The second-order valence-electron chi connectivity index (χ2n) is 8.32. The number of ether oxygens (including phenoxy) is 1. The molecule has 1 aliphatic carbocycles. The van der Waals surface area contributed by atoms with Crippen LogP contribution in [0.15, 0.2) is 36.4 Å². The zero-order valence-electron chi connectivity index (χ0n) is 18.5. The first-order valence-corrected chi connectivity index (χ1v) is 11.6. The highest BCUT2D eigenvalue weighted by Crippen LogP contribution is 2.37. The number of carbonyl (C=O) groups excluding carboxylic acids is 1. The van der Waals surface area contributed by atoms with Gasteiger partial charge in [-0.2, -0.15) is 0 Å². The number of carbonyl (C=O) groups is 1. The van der Waals surface area contributed by atoms with Crippen molar-refractivity contribution in [3.63, 3.8) is 0 Å². The Labute approximate surface area is 195 Å². The molecule has 0 spiro atoms. The van der Waals surface area contributed by atoms with Gasteiger partial charge in [-0.1, -0.05) is 23.5 Å². The third-order valence-corrected chi connectivity index (χ3v) is 6.47. The maximum atomic E-state index is 14.3. The van der Waals surface area contributed by atoms with Crippen molar-refractivity contribution in [3.8, 4) is 16.3 Å². The van der Waals surface area contributed by atoms with E-state index in [2.05, 4.69) is 10.2 Å². The molecule has 1 atom stereocenters. The summed E-state index contributed by atoms with van der Waals surface area (Å²) in [5.74, 6) is 0.0618. The minimum Gasteiger partial charge on any atom is -0.490 e. The first-order valence-electron chi connectivity index (χ1n) is 10.8. The highest BCUT2D eigenvalue weighted by molar-refractivity contribution is 7.18. The monoisotopic (exact) mass is 471 g/mol. The van der Waals surface area contributed by atoms with Gasteiger partial charge in [-0.15, -0.1) is 10.2 Å². The first-order chi connectivity index (χ1) is 15.9. The van der Waals surface area contributed by atoms with Crippen LogP contribution >= 0.6 is 11.3 Å². The zero-order chi connectivity index (χ0) is 23.5. The third-order valence-electron chi connectivity index (χ3n) is 5.47.